The van der Waals surface area contributed by atoms with Crippen LogP contribution in [0, 0.1) is 0 Å². The number of halogens is 4. The second-order valence-corrected chi connectivity index (χ2v) is 9.94. The maximum absolute atomic E-state index is 12.6. The molecule has 0 saturated heterocycles. The van der Waals surface area contributed by atoms with Crippen LogP contribution in [0.3, 0.4) is 0 Å². The Labute approximate surface area is 215 Å². The largest absolute Gasteiger partial charge is 0.496 e. The highest BCUT2D eigenvalue weighted by atomic mass is 79.9. The van der Waals surface area contributed by atoms with E-state index >= 15 is 0 Å². The van der Waals surface area contributed by atoms with Crippen molar-refractivity contribution in [3.05, 3.63) is 54.9 Å². The van der Waals surface area contributed by atoms with Crippen LogP contribution in [0.15, 0.2) is 43.7 Å². The van der Waals surface area contributed by atoms with Gasteiger partial charge in [0.1, 0.15) is 11.5 Å². The fourth-order valence-electron chi connectivity index (χ4n) is 2.67. The highest BCUT2D eigenvalue weighted by Gasteiger charge is 2.18. The number of hydrogen-bond acceptors (Lipinski definition) is 5. The van der Waals surface area contributed by atoms with E-state index in [9.17, 15) is 9.59 Å². The van der Waals surface area contributed by atoms with Gasteiger partial charge in [0.2, 0.25) is 5.91 Å². The number of amides is 1. The number of ether oxygens (including phenoxy) is 2. The van der Waals surface area contributed by atoms with Crippen LogP contribution in [0.2, 0.25) is 0 Å². The molecule has 0 saturated carbocycles. The van der Waals surface area contributed by atoms with Crippen molar-refractivity contribution in [1.29, 1.82) is 0 Å². The van der Waals surface area contributed by atoms with Crippen molar-refractivity contribution in [1.82, 2.24) is 5.32 Å². The topological polar surface area (TPSA) is 90.6 Å². The van der Waals surface area contributed by atoms with Crippen LogP contribution in [-0.4, -0.2) is 43.3 Å². The molecule has 6 nitrogen and oxygen atoms in total. The predicted octanol–water partition coefficient (Wildman–Crippen LogP) is 5.02. The van der Waals surface area contributed by atoms with E-state index in [1.54, 1.807) is 25.3 Å². The van der Waals surface area contributed by atoms with Gasteiger partial charge >= 0.3 is 0 Å². The smallest absolute Gasteiger partial charge is 0.237 e. The van der Waals surface area contributed by atoms with Crippen molar-refractivity contribution in [3.8, 4) is 11.5 Å². The molecule has 0 fully saturated rings. The van der Waals surface area contributed by atoms with Crippen LogP contribution in [-0.2, 0) is 11.2 Å². The summed E-state index contributed by atoms with van der Waals surface area (Å²) in [5.74, 6) is 0.702. The van der Waals surface area contributed by atoms with Crippen LogP contribution in [0.25, 0.3) is 0 Å². The molecule has 1 atom stereocenters. The highest BCUT2D eigenvalue weighted by molar-refractivity contribution is 9.11. The van der Waals surface area contributed by atoms with Crippen molar-refractivity contribution in [2.75, 3.05) is 25.6 Å². The molecule has 0 spiro atoms. The molecule has 168 valence electrons. The minimum absolute atomic E-state index is 0.151. The molecule has 0 radical (unpaired) electrons. The van der Waals surface area contributed by atoms with Gasteiger partial charge in [0, 0.05) is 10.9 Å². The Hall–Kier alpha value is -0.940. The van der Waals surface area contributed by atoms with E-state index in [0.29, 0.717) is 39.0 Å². The van der Waals surface area contributed by atoms with Crippen LogP contribution < -0.4 is 20.5 Å². The SMILES string of the molecule is COc1ccc(C[C@H](N)C(=O)NCC(=O)c2cc(Br)c(OCCCBr)c(Br)c2)cc1Br. The first-order valence-corrected chi connectivity index (χ1v) is 12.8. The zero-order chi connectivity index (χ0) is 23.0. The summed E-state index contributed by atoms with van der Waals surface area (Å²) in [7, 11) is 1.58. The lowest BCUT2D eigenvalue weighted by Gasteiger charge is -2.14. The summed E-state index contributed by atoms with van der Waals surface area (Å²) in [6, 6.07) is 8.08. The third-order valence-corrected chi connectivity index (χ3v) is 6.63. The number of ketones is 1. The normalized spacial score (nSPS) is 11.7. The summed E-state index contributed by atoms with van der Waals surface area (Å²) in [5, 5.41) is 3.46. The Morgan fingerprint density at radius 2 is 1.77 bits per heavy atom. The molecule has 3 N–H and O–H groups in total. The monoisotopic (exact) mass is 682 g/mol. The summed E-state index contributed by atoms with van der Waals surface area (Å²) in [6.45, 7) is 0.399. The first kappa shape index (κ1) is 26.3. The number of Topliss-reactive ketones (excluding diaryl/α,β-unsaturated/α-hetero) is 1. The quantitative estimate of drug-likeness (QED) is 0.197. The average Bonchev–Trinajstić information content (AvgIpc) is 2.73. The first-order chi connectivity index (χ1) is 14.8. The summed E-state index contributed by atoms with van der Waals surface area (Å²) < 4.78 is 13.0. The molecular formula is C21H22Br4N2O4. The lowest BCUT2D eigenvalue weighted by Crippen LogP contribution is -2.43. The summed E-state index contributed by atoms with van der Waals surface area (Å²) in [5.41, 5.74) is 7.34. The maximum atomic E-state index is 12.6. The molecule has 2 aromatic carbocycles. The van der Waals surface area contributed by atoms with Crippen molar-refractivity contribution in [2.45, 2.75) is 18.9 Å². The van der Waals surface area contributed by atoms with E-state index in [1.807, 2.05) is 12.1 Å². The van der Waals surface area contributed by atoms with E-state index in [1.165, 1.54) is 0 Å². The Bertz CT molecular complexity index is 917. The Kier molecular flexibility index (Phi) is 11.0. The van der Waals surface area contributed by atoms with Crippen molar-refractivity contribution >= 4 is 75.4 Å². The lowest BCUT2D eigenvalue weighted by atomic mass is 10.1. The second kappa shape index (κ2) is 12.9. The summed E-state index contributed by atoms with van der Waals surface area (Å²) >= 11 is 13.6. The zero-order valence-electron chi connectivity index (χ0n) is 16.7. The molecule has 10 heteroatoms. The van der Waals surface area contributed by atoms with Gasteiger partial charge in [-0.2, -0.15) is 0 Å². The minimum atomic E-state index is -0.781. The Balaban J connectivity index is 1.93. The number of benzene rings is 2. The van der Waals surface area contributed by atoms with Gasteiger partial charge in [0.15, 0.2) is 5.78 Å². The van der Waals surface area contributed by atoms with Crippen LogP contribution >= 0.6 is 63.7 Å². The molecule has 0 aliphatic rings. The van der Waals surface area contributed by atoms with Gasteiger partial charge in [-0.15, -0.1) is 0 Å². The number of carbonyl (C=O) groups is 2. The summed E-state index contributed by atoms with van der Waals surface area (Å²) in [4.78, 5) is 24.9. The van der Waals surface area contributed by atoms with Crippen LogP contribution in [0.5, 0.6) is 11.5 Å². The number of carbonyl (C=O) groups excluding carboxylic acids is 2. The third-order valence-electron chi connectivity index (χ3n) is 4.28. The predicted molar refractivity (Wildman–Crippen MR) is 135 cm³/mol. The number of nitrogens with one attached hydrogen (secondary N) is 1. The standard InChI is InChI=1S/C21H22Br4N2O4/c1-30-19-4-3-12(7-14(19)23)8-17(26)21(29)27-11-18(28)13-9-15(24)20(16(25)10-13)31-6-2-5-22/h3-4,7,9-10,17H,2,5-6,8,11,26H2,1H3,(H,27,29)/t17-/m0/s1. The molecular weight excluding hydrogens is 664 g/mol. The Morgan fingerprint density at radius 3 is 2.35 bits per heavy atom. The van der Waals surface area contributed by atoms with Gasteiger partial charge in [0.25, 0.3) is 0 Å². The molecule has 0 aliphatic heterocycles. The summed E-state index contributed by atoms with van der Waals surface area (Å²) in [6.07, 6.45) is 1.19. The second-order valence-electron chi connectivity index (χ2n) is 6.58. The number of methoxy groups -OCH3 is 1. The molecule has 2 rings (SSSR count). The molecule has 31 heavy (non-hydrogen) atoms. The van der Waals surface area contributed by atoms with Crippen molar-refractivity contribution in [3.63, 3.8) is 0 Å². The van der Waals surface area contributed by atoms with E-state index in [-0.39, 0.29) is 12.3 Å². The molecule has 0 bridgehead atoms. The van der Waals surface area contributed by atoms with E-state index in [0.717, 1.165) is 21.8 Å². The number of rotatable bonds is 11. The van der Waals surface area contributed by atoms with E-state index < -0.39 is 11.9 Å². The van der Waals surface area contributed by atoms with Crippen molar-refractivity contribution in [2.24, 2.45) is 5.73 Å². The van der Waals surface area contributed by atoms with Gasteiger partial charge in [0.05, 0.1) is 39.7 Å². The maximum Gasteiger partial charge on any atom is 0.237 e. The number of nitrogens with two attached hydrogens (primary N) is 1. The zero-order valence-corrected chi connectivity index (χ0v) is 23.1. The third kappa shape index (κ3) is 7.85. The molecule has 0 aromatic heterocycles. The fourth-order valence-corrected chi connectivity index (χ4v) is 4.90. The van der Waals surface area contributed by atoms with E-state index in [4.69, 9.17) is 15.2 Å². The van der Waals surface area contributed by atoms with Gasteiger partial charge in [-0.1, -0.05) is 22.0 Å². The average molecular weight is 686 g/mol. The molecule has 1 amide bonds. The van der Waals surface area contributed by atoms with Crippen LogP contribution in [0.1, 0.15) is 22.3 Å². The minimum Gasteiger partial charge on any atom is -0.496 e. The fraction of sp³-hybridized carbons (Fsp3) is 0.333. The van der Waals surface area contributed by atoms with Gasteiger partial charge in [-0.3, -0.25) is 9.59 Å². The first-order valence-electron chi connectivity index (χ1n) is 9.33. The highest BCUT2D eigenvalue weighted by Crippen LogP contribution is 2.35. The van der Waals surface area contributed by atoms with Gasteiger partial charge in [-0.05, 0) is 90.5 Å². The molecule has 0 aliphatic carbocycles. The van der Waals surface area contributed by atoms with Gasteiger partial charge < -0.3 is 20.5 Å². The molecule has 0 unspecified atom stereocenters. The Morgan fingerprint density at radius 1 is 1.10 bits per heavy atom. The number of alkyl halides is 1. The lowest BCUT2D eigenvalue weighted by molar-refractivity contribution is -0.122. The van der Waals surface area contributed by atoms with Gasteiger partial charge in [-0.25, -0.2) is 0 Å². The molecule has 2 aromatic rings. The molecule has 0 heterocycles. The van der Waals surface area contributed by atoms with E-state index in [2.05, 4.69) is 69.0 Å². The van der Waals surface area contributed by atoms with Crippen LogP contribution in [0.4, 0.5) is 0 Å². The number of hydrogen-bond donors (Lipinski definition) is 2. The van der Waals surface area contributed by atoms with Crippen molar-refractivity contribution < 1.29 is 19.1 Å².